The molecule has 7 heteroatoms. The van der Waals surface area contributed by atoms with Gasteiger partial charge in [-0.1, -0.05) is 11.6 Å². The number of nitrogens with zero attached hydrogens (tertiary/aromatic N) is 1. The Morgan fingerprint density at radius 3 is 2.52 bits per heavy atom. The zero-order valence-electron chi connectivity index (χ0n) is 11.1. The molecule has 0 spiro atoms. The van der Waals surface area contributed by atoms with E-state index in [-0.39, 0.29) is 16.2 Å². The standard InChI is InChI=1S/C14H13Cl2NO3S/c15-13-8-5-10-12(21(16,18)19)7-6-11(14(10)17-13)20-9-3-1-2-4-9/h5-9H,1-4H2. The van der Waals surface area contributed by atoms with Crippen LogP contribution in [0.25, 0.3) is 10.9 Å². The van der Waals surface area contributed by atoms with Crippen molar-refractivity contribution in [1.29, 1.82) is 0 Å². The summed E-state index contributed by atoms with van der Waals surface area (Å²) in [6, 6.07) is 6.18. The highest BCUT2D eigenvalue weighted by molar-refractivity contribution is 8.14. The average Bonchev–Trinajstić information content (AvgIpc) is 2.91. The number of halogens is 2. The minimum Gasteiger partial charge on any atom is -0.488 e. The molecule has 0 bridgehead atoms. The Morgan fingerprint density at radius 2 is 1.86 bits per heavy atom. The van der Waals surface area contributed by atoms with Crippen LogP contribution in [-0.2, 0) is 9.05 Å². The minimum absolute atomic E-state index is 0.0158. The van der Waals surface area contributed by atoms with Gasteiger partial charge in [-0.2, -0.15) is 0 Å². The third kappa shape index (κ3) is 3.10. The number of hydrogen-bond acceptors (Lipinski definition) is 4. The Kier molecular flexibility index (Phi) is 3.99. The molecule has 2 aromatic rings. The molecule has 0 atom stereocenters. The highest BCUT2D eigenvalue weighted by Crippen LogP contribution is 2.34. The smallest absolute Gasteiger partial charge is 0.261 e. The zero-order valence-corrected chi connectivity index (χ0v) is 13.4. The van der Waals surface area contributed by atoms with Crippen molar-refractivity contribution < 1.29 is 13.2 Å². The van der Waals surface area contributed by atoms with E-state index < -0.39 is 9.05 Å². The third-order valence-electron chi connectivity index (χ3n) is 3.60. The summed E-state index contributed by atoms with van der Waals surface area (Å²) in [5.41, 5.74) is 0.427. The van der Waals surface area contributed by atoms with Crippen LogP contribution in [0.3, 0.4) is 0 Å². The first kappa shape index (κ1) is 14.9. The van der Waals surface area contributed by atoms with E-state index in [2.05, 4.69) is 4.98 Å². The monoisotopic (exact) mass is 345 g/mol. The molecule has 1 aromatic carbocycles. The predicted octanol–water partition coefficient (Wildman–Crippen LogP) is 4.14. The first-order valence-electron chi connectivity index (χ1n) is 6.66. The molecule has 1 saturated carbocycles. The van der Waals surface area contributed by atoms with Crippen molar-refractivity contribution in [3.05, 3.63) is 29.4 Å². The molecule has 1 heterocycles. The van der Waals surface area contributed by atoms with Crippen molar-refractivity contribution in [2.75, 3.05) is 0 Å². The molecule has 0 N–H and O–H groups in total. The lowest BCUT2D eigenvalue weighted by Crippen LogP contribution is -2.11. The van der Waals surface area contributed by atoms with Crippen molar-refractivity contribution in [3.8, 4) is 5.75 Å². The fraction of sp³-hybridized carbons (Fsp3) is 0.357. The van der Waals surface area contributed by atoms with E-state index in [9.17, 15) is 8.42 Å². The van der Waals surface area contributed by atoms with Crippen LogP contribution in [-0.4, -0.2) is 19.5 Å². The normalized spacial score (nSPS) is 16.5. The summed E-state index contributed by atoms with van der Waals surface area (Å²) in [6.45, 7) is 0. The van der Waals surface area contributed by atoms with Crippen LogP contribution in [0.4, 0.5) is 0 Å². The van der Waals surface area contributed by atoms with E-state index in [1.165, 1.54) is 12.1 Å². The van der Waals surface area contributed by atoms with Crippen LogP contribution in [0.1, 0.15) is 25.7 Å². The quantitative estimate of drug-likeness (QED) is 0.619. The Morgan fingerprint density at radius 1 is 1.14 bits per heavy atom. The van der Waals surface area contributed by atoms with Gasteiger partial charge < -0.3 is 4.74 Å². The fourth-order valence-corrected chi connectivity index (χ4v) is 3.84. The van der Waals surface area contributed by atoms with Gasteiger partial charge in [0.15, 0.2) is 0 Å². The van der Waals surface area contributed by atoms with E-state index in [1.807, 2.05) is 0 Å². The summed E-state index contributed by atoms with van der Waals surface area (Å²) in [5, 5.41) is 0.702. The third-order valence-corrected chi connectivity index (χ3v) is 5.20. The highest BCUT2D eigenvalue weighted by atomic mass is 35.7. The molecule has 1 fully saturated rings. The molecule has 21 heavy (non-hydrogen) atoms. The molecule has 0 aliphatic heterocycles. The summed E-state index contributed by atoms with van der Waals surface area (Å²) in [4.78, 5) is 4.23. The van der Waals surface area contributed by atoms with Gasteiger partial charge >= 0.3 is 0 Å². The highest BCUT2D eigenvalue weighted by Gasteiger charge is 2.21. The molecule has 4 nitrogen and oxygen atoms in total. The molecule has 0 unspecified atom stereocenters. The summed E-state index contributed by atoms with van der Waals surface area (Å²) in [7, 11) is 1.62. The number of pyridine rings is 1. The maximum atomic E-state index is 11.7. The topological polar surface area (TPSA) is 56.3 Å². The van der Waals surface area contributed by atoms with Gasteiger partial charge in [-0.15, -0.1) is 0 Å². The number of fused-ring (bicyclic) bond motifs is 1. The van der Waals surface area contributed by atoms with Gasteiger partial charge in [0.1, 0.15) is 16.4 Å². The predicted molar refractivity (Wildman–Crippen MR) is 82.7 cm³/mol. The number of benzene rings is 1. The van der Waals surface area contributed by atoms with Gasteiger partial charge in [0, 0.05) is 16.1 Å². The van der Waals surface area contributed by atoms with Crippen LogP contribution >= 0.6 is 22.3 Å². The van der Waals surface area contributed by atoms with Crippen molar-refractivity contribution in [3.63, 3.8) is 0 Å². The van der Waals surface area contributed by atoms with Gasteiger partial charge in [-0.05, 0) is 49.9 Å². The van der Waals surface area contributed by atoms with Gasteiger partial charge in [0.05, 0.1) is 11.0 Å². The van der Waals surface area contributed by atoms with E-state index in [1.54, 1.807) is 12.1 Å². The number of ether oxygens (including phenoxy) is 1. The van der Waals surface area contributed by atoms with E-state index in [0.29, 0.717) is 16.7 Å². The molecule has 1 aliphatic carbocycles. The van der Waals surface area contributed by atoms with E-state index in [0.717, 1.165) is 25.7 Å². The molecule has 0 saturated heterocycles. The van der Waals surface area contributed by atoms with Crippen LogP contribution in [0.5, 0.6) is 5.75 Å². The number of rotatable bonds is 3. The zero-order chi connectivity index (χ0) is 15.0. The van der Waals surface area contributed by atoms with Crippen molar-refractivity contribution in [2.24, 2.45) is 0 Å². The van der Waals surface area contributed by atoms with Crippen LogP contribution in [0, 0.1) is 0 Å². The lowest BCUT2D eigenvalue weighted by Gasteiger charge is -2.15. The summed E-state index contributed by atoms with van der Waals surface area (Å²) >= 11 is 5.92. The second kappa shape index (κ2) is 5.63. The van der Waals surface area contributed by atoms with E-state index >= 15 is 0 Å². The Balaban J connectivity index is 2.15. The van der Waals surface area contributed by atoms with Gasteiger partial charge in [-0.3, -0.25) is 0 Å². The van der Waals surface area contributed by atoms with Crippen molar-refractivity contribution in [1.82, 2.24) is 4.98 Å². The Labute approximate surface area is 132 Å². The second-order valence-electron chi connectivity index (χ2n) is 5.05. The second-order valence-corrected chi connectivity index (χ2v) is 7.98. The molecular formula is C14H13Cl2NO3S. The molecule has 112 valence electrons. The summed E-state index contributed by atoms with van der Waals surface area (Å²) in [6.07, 6.45) is 4.43. The maximum absolute atomic E-state index is 11.7. The van der Waals surface area contributed by atoms with Crippen LogP contribution < -0.4 is 4.74 Å². The molecule has 0 radical (unpaired) electrons. The van der Waals surface area contributed by atoms with Crippen molar-refractivity contribution in [2.45, 2.75) is 36.7 Å². The molecular weight excluding hydrogens is 333 g/mol. The maximum Gasteiger partial charge on any atom is 0.261 e. The lowest BCUT2D eigenvalue weighted by atomic mass is 10.2. The molecule has 1 aromatic heterocycles. The summed E-state index contributed by atoms with van der Waals surface area (Å²) in [5.74, 6) is 0.545. The van der Waals surface area contributed by atoms with Gasteiger partial charge in [0.2, 0.25) is 0 Å². The average molecular weight is 346 g/mol. The Bertz CT molecular complexity index is 786. The van der Waals surface area contributed by atoms with Gasteiger partial charge in [-0.25, -0.2) is 13.4 Å². The van der Waals surface area contributed by atoms with Crippen molar-refractivity contribution >= 4 is 42.2 Å². The minimum atomic E-state index is -3.85. The Hall–Kier alpha value is -1.04. The lowest BCUT2D eigenvalue weighted by molar-refractivity contribution is 0.212. The fourth-order valence-electron chi connectivity index (χ4n) is 2.64. The molecule has 0 amide bonds. The molecule has 3 rings (SSSR count). The van der Waals surface area contributed by atoms with Crippen LogP contribution in [0.2, 0.25) is 5.15 Å². The first-order chi connectivity index (χ1) is 9.95. The van der Waals surface area contributed by atoms with Gasteiger partial charge in [0.25, 0.3) is 9.05 Å². The van der Waals surface area contributed by atoms with E-state index in [4.69, 9.17) is 27.0 Å². The number of aromatic nitrogens is 1. The SMILES string of the molecule is O=S(=O)(Cl)c1ccc(OC2CCCC2)c2nc(Cl)ccc12. The largest absolute Gasteiger partial charge is 0.488 e. The van der Waals surface area contributed by atoms with Crippen LogP contribution in [0.15, 0.2) is 29.2 Å². The summed E-state index contributed by atoms with van der Waals surface area (Å²) < 4.78 is 29.3. The first-order valence-corrected chi connectivity index (χ1v) is 9.34. The number of hydrogen-bond donors (Lipinski definition) is 0. The molecule has 1 aliphatic rings.